The van der Waals surface area contributed by atoms with Crippen molar-refractivity contribution < 1.29 is 0 Å². The summed E-state index contributed by atoms with van der Waals surface area (Å²) in [5.41, 5.74) is 2.95. The third-order valence-electron chi connectivity index (χ3n) is 4.42. The van der Waals surface area contributed by atoms with Crippen molar-refractivity contribution in [2.75, 3.05) is 5.88 Å². The van der Waals surface area contributed by atoms with Crippen LogP contribution in [-0.2, 0) is 13.0 Å². The minimum Gasteiger partial charge on any atom is -0.328 e. The van der Waals surface area contributed by atoms with E-state index in [9.17, 15) is 5.26 Å². The lowest BCUT2D eigenvalue weighted by Crippen LogP contribution is -2.08. The van der Waals surface area contributed by atoms with E-state index in [1.807, 2.05) is 12.1 Å². The van der Waals surface area contributed by atoms with Crippen LogP contribution in [0.25, 0.3) is 11.0 Å². The average Bonchev–Trinajstić information content (AvgIpc) is 2.87. The molecule has 1 atom stereocenters. The fourth-order valence-corrected chi connectivity index (χ4v) is 3.04. The second-order valence-corrected chi connectivity index (χ2v) is 6.63. The van der Waals surface area contributed by atoms with Crippen LogP contribution in [0, 0.1) is 22.7 Å². The van der Waals surface area contributed by atoms with Crippen molar-refractivity contribution in [2.45, 2.75) is 33.2 Å². The number of para-hydroxylation sites is 1. The van der Waals surface area contributed by atoms with Crippen molar-refractivity contribution in [3.05, 3.63) is 29.6 Å². The van der Waals surface area contributed by atoms with Gasteiger partial charge in [0, 0.05) is 18.8 Å². The standard InChI is InChI=1S/C16H18ClN3/c1-16(2)8-12(16)10-20-13-5-3-4-11(9-18)15(13)19-14(20)6-7-17/h3-5,12H,6-8,10H2,1-2H3. The van der Waals surface area contributed by atoms with Gasteiger partial charge in [0.25, 0.3) is 0 Å². The molecule has 0 bridgehead atoms. The van der Waals surface area contributed by atoms with Gasteiger partial charge < -0.3 is 4.57 Å². The van der Waals surface area contributed by atoms with Crippen LogP contribution in [0.15, 0.2) is 18.2 Å². The molecule has 1 unspecified atom stereocenters. The Morgan fingerprint density at radius 1 is 1.50 bits per heavy atom. The number of nitriles is 1. The second-order valence-electron chi connectivity index (χ2n) is 6.25. The van der Waals surface area contributed by atoms with Crippen molar-refractivity contribution in [3.63, 3.8) is 0 Å². The molecule has 20 heavy (non-hydrogen) atoms. The zero-order chi connectivity index (χ0) is 14.3. The molecule has 0 aliphatic heterocycles. The minimum absolute atomic E-state index is 0.432. The SMILES string of the molecule is CC1(C)CC1Cn1c(CCCl)nc2c(C#N)cccc21. The normalized spacial score (nSPS) is 20.0. The Morgan fingerprint density at radius 3 is 2.85 bits per heavy atom. The van der Waals surface area contributed by atoms with E-state index in [2.05, 4.69) is 35.5 Å². The van der Waals surface area contributed by atoms with E-state index in [1.165, 1.54) is 6.42 Å². The number of nitrogens with zero attached hydrogens (tertiary/aromatic N) is 3. The maximum atomic E-state index is 9.22. The van der Waals surface area contributed by atoms with Gasteiger partial charge in [-0.2, -0.15) is 5.26 Å². The lowest BCUT2D eigenvalue weighted by atomic mass is 10.1. The van der Waals surface area contributed by atoms with Gasteiger partial charge in [0.1, 0.15) is 17.4 Å². The largest absolute Gasteiger partial charge is 0.328 e. The lowest BCUT2D eigenvalue weighted by Gasteiger charge is -2.10. The summed E-state index contributed by atoms with van der Waals surface area (Å²) in [7, 11) is 0. The first-order valence-corrected chi connectivity index (χ1v) is 7.54. The fourth-order valence-electron chi connectivity index (χ4n) is 2.87. The van der Waals surface area contributed by atoms with E-state index < -0.39 is 0 Å². The molecule has 3 nitrogen and oxygen atoms in total. The van der Waals surface area contributed by atoms with E-state index in [1.54, 1.807) is 0 Å². The van der Waals surface area contributed by atoms with Gasteiger partial charge in [0.05, 0.1) is 11.1 Å². The van der Waals surface area contributed by atoms with Crippen molar-refractivity contribution in [2.24, 2.45) is 11.3 Å². The number of imidazole rings is 1. The molecule has 1 aliphatic carbocycles. The van der Waals surface area contributed by atoms with Gasteiger partial charge in [-0.1, -0.05) is 19.9 Å². The summed E-state index contributed by atoms with van der Waals surface area (Å²) in [6.07, 6.45) is 2.00. The molecule has 2 aromatic rings. The highest BCUT2D eigenvalue weighted by Gasteiger charge is 2.45. The summed E-state index contributed by atoms with van der Waals surface area (Å²) >= 11 is 5.90. The summed E-state index contributed by atoms with van der Waals surface area (Å²) in [6, 6.07) is 8.04. The zero-order valence-corrected chi connectivity index (χ0v) is 12.6. The predicted octanol–water partition coefficient (Wildman–Crippen LogP) is 3.74. The summed E-state index contributed by atoms with van der Waals surface area (Å²) < 4.78 is 2.26. The number of aryl methyl sites for hydroxylation is 1. The fraction of sp³-hybridized carbons (Fsp3) is 0.500. The summed E-state index contributed by atoms with van der Waals surface area (Å²) in [6.45, 7) is 5.59. The number of aromatic nitrogens is 2. The number of alkyl halides is 1. The van der Waals surface area contributed by atoms with Crippen molar-refractivity contribution in [3.8, 4) is 6.07 Å². The number of benzene rings is 1. The first-order chi connectivity index (χ1) is 9.56. The number of rotatable bonds is 4. The van der Waals surface area contributed by atoms with E-state index in [0.717, 1.165) is 29.8 Å². The van der Waals surface area contributed by atoms with Crippen LogP contribution >= 0.6 is 11.6 Å². The monoisotopic (exact) mass is 287 g/mol. The Bertz CT molecular complexity index is 694. The molecule has 1 aromatic heterocycles. The highest BCUT2D eigenvalue weighted by molar-refractivity contribution is 6.17. The molecule has 1 aliphatic rings. The smallest absolute Gasteiger partial charge is 0.111 e. The number of fused-ring (bicyclic) bond motifs is 1. The van der Waals surface area contributed by atoms with Gasteiger partial charge in [-0.15, -0.1) is 11.6 Å². The van der Waals surface area contributed by atoms with Gasteiger partial charge in [-0.3, -0.25) is 0 Å². The van der Waals surface area contributed by atoms with Gasteiger partial charge in [-0.05, 0) is 29.9 Å². The Kier molecular flexibility index (Phi) is 3.22. The van der Waals surface area contributed by atoms with E-state index >= 15 is 0 Å². The third kappa shape index (κ3) is 2.19. The minimum atomic E-state index is 0.432. The summed E-state index contributed by atoms with van der Waals surface area (Å²) in [5, 5.41) is 9.22. The third-order valence-corrected chi connectivity index (χ3v) is 4.61. The second kappa shape index (κ2) is 4.79. The topological polar surface area (TPSA) is 41.6 Å². The van der Waals surface area contributed by atoms with E-state index in [4.69, 9.17) is 11.6 Å². The Balaban J connectivity index is 2.08. The van der Waals surface area contributed by atoms with Crippen LogP contribution < -0.4 is 0 Å². The van der Waals surface area contributed by atoms with Crippen LogP contribution in [0.1, 0.15) is 31.7 Å². The Hall–Kier alpha value is -1.53. The molecule has 1 fully saturated rings. The lowest BCUT2D eigenvalue weighted by molar-refractivity contribution is 0.496. The number of hydrogen-bond acceptors (Lipinski definition) is 2. The molecule has 0 spiro atoms. The molecule has 104 valence electrons. The van der Waals surface area contributed by atoms with Crippen molar-refractivity contribution in [1.29, 1.82) is 5.26 Å². The first kappa shape index (κ1) is 13.5. The summed E-state index contributed by atoms with van der Waals surface area (Å²) in [5.74, 6) is 2.25. The zero-order valence-electron chi connectivity index (χ0n) is 11.9. The Labute approximate surface area is 124 Å². The van der Waals surface area contributed by atoms with Gasteiger partial charge in [0.2, 0.25) is 0 Å². The van der Waals surface area contributed by atoms with Crippen LogP contribution in [0.5, 0.6) is 0 Å². The van der Waals surface area contributed by atoms with Crippen LogP contribution in [0.3, 0.4) is 0 Å². The maximum absolute atomic E-state index is 9.22. The molecule has 1 heterocycles. The number of halogens is 1. The first-order valence-electron chi connectivity index (χ1n) is 7.01. The molecule has 0 radical (unpaired) electrons. The van der Waals surface area contributed by atoms with Crippen molar-refractivity contribution in [1.82, 2.24) is 9.55 Å². The molecular formula is C16H18ClN3. The molecular weight excluding hydrogens is 270 g/mol. The molecule has 0 N–H and O–H groups in total. The quantitative estimate of drug-likeness (QED) is 0.804. The van der Waals surface area contributed by atoms with Gasteiger partial charge >= 0.3 is 0 Å². The molecule has 0 saturated heterocycles. The Morgan fingerprint density at radius 2 is 2.25 bits per heavy atom. The molecule has 0 amide bonds. The molecule has 3 rings (SSSR count). The average molecular weight is 288 g/mol. The van der Waals surface area contributed by atoms with Gasteiger partial charge in [-0.25, -0.2) is 4.98 Å². The molecule has 1 saturated carbocycles. The molecule has 4 heteroatoms. The van der Waals surface area contributed by atoms with Gasteiger partial charge in [0.15, 0.2) is 0 Å². The highest BCUT2D eigenvalue weighted by Crippen LogP contribution is 2.52. The van der Waals surface area contributed by atoms with E-state index in [-0.39, 0.29) is 0 Å². The summed E-state index contributed by atoms with van der Waals surface area (Å²) in [4.78, 5) is 4.66. The van der Waals surface area contributed by atoms with Crippen LogP contribution in [0.2, 0.25) is 0 Å². The van der Waals surface area contributed by atoms with Crippen LogP contribution in [0.4, 0.5) is 0 Å². The van der Waals surface area contributed by atoms with Crippen LogP contribution in [-0.4, -0.2) is 15.4 Å². The predicted molar refractivity (Wildman–Crippen MR) is 80.8 cm³/mol. The van der Waals surface area contributed by atoms with E-state index in [0.29, 0.717) is 22.8 Å². The van der Waals surface area contributed by atoms with Crippen molar-refractivity contribution >= 4 is 22.6 Å². The highest BCUT2D eigenvalue weighted by atomic mass is 35.5. The number of hydrogen-bond donors (Lipinski definition) is 0. The molecule has 1 aromatic carbocycles. The maximum Gasteiger partial charge on any atom is 0.111 e.